The van der Waals surface area contributed by atoms with E-state index in [1.54, 1.807) is 0 Å². The van der Waals surface area contributed by atoms with Gasteiger partial charge in [0.25, 0.3) is 0 Å². The predicted molar refractivity (Wildman–Crippen MR) is 85.2 cm³/mol. The van der Waals surface area contributed by atoms with Crippen molar-refractivity contribution in [2.24, 2.45) is 0 Å². The van der Waals surface area contributed by atoms with Gasteiger partial charge >= 0.3 is 0 Å². The van der Waals surface area contributed by atoms with Crippen LogP contribution in [0, 0.1) is 0 Å². The van der Waals surface area contributed by atoms with Crippen LogP contribution in [0.25, 0.3) is 0 Å². The quantitative estimate of drug-likeness (QED) is 0.843. The van der Waals surface area contributed by atoms with Crippen molar-refractivity contribution in [1.29, 1.82) is 0 Å². The van der Waals surface area contributed by atoms with Crippen LogP contribution in [0.1, 0.15) is 54.4 Å². The van der Waals surface area contributed by atoms with Gasteiger partial charge in [0.05, 0.1) is 16.6 Å². The summed E-state index contributed by atoms with van der Waals surface area (Å²) in [7, 11) is 2.01. The van der Waals surface area contributed by atoms with E-state index in [-0.39, 0.29) is 6.04 Å². The maximum atomic E-state index is 4.29. The molecule has 0 aliphatic rings. The monoisotopic (exact) mass is 289 g/mol. The molecule has 1 atom stereocenters. The van der Waals surface area contributed by atoms with Crippen molar-refractivity contribution in [2.45, 2.75) is 45.6 Å². The van der Waals surface area contributed by atoms with Crippen molar-refractivity contribution < 1.29 is 0 Å². The van der Waals surface area contributed by atoms with Crippen molar-refractivity contribution in [3.8, 4) is 0 Å². The Morgan fingerprint density at radius 3 is 2.70 bits per heavy atom. The van der Waals surface area contributed by atoms with Gasteiger partial charge in [0.1, 0.15) is 0 Å². The lowest BCUT2D eigenvalue weighted by Gasteiger charge is -2.16. The summed E-state index contributed by atoms with van der Waals surface area (Å²) >= 11 is 1.51. The molecule has 0 radical (unpaired) electrons. The Morgan fingerprint density at radius 1 is 1.20 bits per heavy atom. The number of benzene rings is 1. The second-order valence-electron chi connectivity index (χ2n) is 5.05. The van der Waals surface area contributed by atoms with Gasteiger partial charge in [-0.05, 0) is 42.5 Å². The molecular formula is C16H23N3S. The molecule has 1 unspecified atom stereocenters. The number of hydrogen-bond acceptors (Lipinski definition) is 4. The third-order valence-corrected chi connectivity index (χ3v) is 4.28. The zero-order chi connectivity index (χ0) is 14.4. The summed E-state index contributed by atoms with van der Waals surface area (Å²) in [4.78, 5) is 1.25. The molecule has 1 heterocycles. The Balaban J connectivity index is 2.31. The van der Waals surface area contributed by atoms with E-state index in [9.17, 15) is 0 Å². The number of hydrogen-bond donors (Lipinski definition) is 1. The number of aromatic nitrogens is 2. The van der Waals surface area contributed by atoms with Gasteiger partial charge < -0.3 is 5.32 Å². The van der Waals surface area contributed by atoms with Gasteiger partial charge in [-0.15, -0.1) is 5.10 Å². The van der Waals surface area contributed by atoms with Crippen LogP contribution in [0.2, 0.25) is 0 Å². The molecule has 1 aromatic carbocycles. The van der Waals surface area contributed by atoms with Gasteiger partial charge in [-0.2, -0.15) is 0 Å². The molecular weight excluding hydrogens is 266 g/mol. The molecule has 1 aromatic heterocycles. The average Bonchev–Trinajstić information content (AvgIpc) is 2.89. The highest BCUT2D eigenvalue weighted by Crippen LogP contribution is 2.28. The standard InChI is InChI=1S/C16H23N3S/c1-4-7-12-9-6-10-13(11-12)15(17-3)16-14(8-5-2)18-19-20-16/h6,9-11,15,17H,4-5,7-8H2,1-3H3. The number of nitrogens with zero attached hydrogens (tertiary/aromatic N) is 2. The molecule has 20 heavy (non-hydrogen) atoms. The second-order valence-corrected chi connectivity index (χ2v) is 5.84. The van der Waals surface area contributed by atoms with Crippen molar-refractivity contribution in [3.05, 3.63) is 46.0 Å². The Morgan fingerprint density at radius 2 is 2.00 bits per heavy atom. The SMILES string of the molecule is CCCc1cccc(C(NC)c2snnc2CCC)c1. The highest BCUT2D eigenvalue weighted by atomic mass is 32.1. The Hall–Kier alpha value is -1.26. The predicted octanol–water partition coefficient (Wildman–Crippen LogP) is 3.75. The van der Waals surface area contributed by atoms with Crippen LogP contribution in [-0.4, -0.2) is 16.6 Å². The van der Waals surface area contributed by atoms with Crippen LogP contribution in [0.15, 0.2) is 24.3 Å². The zero-order valence-corrected chi connectivity index (χ0v) is 13.3. The minimum Gasteiger partial charge on any atom is -0.309 e. The van der Waals surface area contributed by atoms with Gasteiger partial charge in [-0.1, -0.05) is 55.4 Å². The third kappa shape index (κ3) is 3.44. The fraction of sp³-hybridized carbons (Fsp3) is 0.500. The summed E-state index contributed by atoms with van der Waals surface area (Å²) in [5.74, 6) is 0. The molecule has 0 saturated heterocycles. The maximum Gasteiger partial charge on any atom is 0.0807 e. The molecule has 0 fully saturated rings. The molecule has 4 heteroatoms. The van der Waals surface area contributed by atoms with Gasteiger partial charge in [-0.25, -0.2) is 0 Å². The van der Waals surface area contributed by atoms with Crippen molar-refractivity contribution in [3.63, 3.8) is 0 Å². The first-order valence-electron chi connectivity index (χ1n) is 7.37. The second kappa shape index (κ2) is 7.50. The average molecular weight is 289 g/mol. The largest absolute Gasteiger partial charge is 0.309 e. The molecule has 3 nitrogen and oxygen atoms in total. The van der Waals surface area contributed by atoms with E-state index in [1.165, 1.54) is 34.0 Å². The van der Waals surface area contributed by atoms with Gasteiger partial charge in [0.2, 0.25) is 0 Å². The Labute approximate surface area is 125 Å². The van der Waals surface area contributed by atoms with E-state index in [4.69, 9.17) is 0 Å². The normalized spacial score (nSPS) is 12.6. The van der Waals surface area contributed by atoms with Crippen LogP contribution < -0.4 is 5.32 Å². The molecule has 0 bridgehead atoms. The van der Waals surface area contributed by atoms with Crippen LogP contribution >= 0.6 is 11.5 Å². The van der Waals surface area contributed by atoms with E-state index in [0.29, 0.717) is 0 Å². The minimum absolute atomic E-state index is 0.202. The number of rotatable bonds is 7. The topological polar surface area (TPSA) is 37.8 Å². The molecule has 2 aromatic rings. The smallest absolute Gasteiger partial charge is 0.0807 e. The van der Waals surface area contributed by atoms with Gasteiger partial charge in [0, 0.05) is 0 Å². The summed E-state index contributed by atoms with van der Waals surface area (Å²) in [6, 6.07) is 9.06. The van der Waals surface area contributed by atoms with E-state index >= 15 is 0 Å². The molecule has 0 aliphatic carbocycles. The van der Waals surface area contributed by atoms with Crippen molar-refractivity contribution in [2.75, 3.05) is 7.05 Å². The first-order valence-corrected chi connectivity index (χ1v) is 8.14. The molecule has 0 amide bonds. The van der Waals surface area contributed by atoms with E-state index in [0.717, 1.165) is 25.0 Å². The minimum atomic E-state index is 0.202. The van der Waals surface area contributed by atoms with E-state index < -0.39 is 0 Å². The highest BCUT2D eigenvalue weighted by molar-refractivity contribution is 7.05. The van der Waals surface area contributed by atoms with Crippen molar-refractivity contribution >= 4 is 11.5 Å². The Bertz CT molecular complexity index is 536. The van der Waals surface area contributed by atoms with E-state index in [2.05, 4.69) is 53.0 Å². The first-order chi connectivity index (χ1) is 9.80. The van der Waals surface area contributed by atoms with Gasteiger partial charge in [0.15, 0.2) is 0 Å². The lowest BCUT2D eigenvalue weighted by molar-refractivity contribution is 0.687. The van der Waals surface area contributed by atoms with Gasteiger partial charge in [-0.3, -0.25) is 0 Å². The summed E-state index contributed by atoms with van der Waals surface area (Å²) in [5.41, 5.74) is 3.85. The molecule has 2 rings (SSSR count). The Kier molecular flexibility index (Phi) is 5.68. The lowest BCUT2D eigenvalue weighted by Crippen LogP contribution is -2.18. The van der Waals surface area contributed by atoms with E-state index in [1.807, 2.05) is 7.05 Å². The molecule has 1 N–H and O–H groups in total. The maximum absolute atomic E-state index is 4.29. The summed E-state index contributed by atoms with van der Waals surface area (Å²) in [5, 5.41) is 7.71. The molecule has 0 saturated carbocycles. The zero-order valence-electron chi connectivity index (χ0n) is 12.5. The third-order valence-electron chi connectivity index (χ3n) is 3.45. The summed E-state index contributed by atoms with van der Waals surface area (Å²) in [6.07, 6.45) is 4.41. The van der Waals surface area contributed by atoms with Crippen LogP contribution in [0.3, 0.4) is 0 Å². The van der Waals surface area contributed by atoms with Crippen LogP contribution in [0.4, 0.5) is 0 Å². The summed E-state index contributed by atoms with van der Waals surface area (Å²) < 4.78 is 4.15. The number of nitrogens with one attached hydrogen (secondary N) is 1. The highest BCUT2D eigenvalue weighted by Gasteiger charge is 2.19. The first kappa shape index (κ1) is 15.1. The summed E-state index contributed by atoms with van der Waals surface area (Å²) in [6.45, 7) is 4.40. The lowest BCUT2D eigenvalue weighted by atomic mass is 9.99. The number of aryl methyl sites for hydroxylation is 2. The van der Waals surface area contributed by atoms with Crippen molar-refractivity contribution in [1.82, 2.24) is 14.9 Å². The fourth-order valence-electron chi connectivity index (χ4n) is 2.51. The molecule has 108 valence electrons. The molecule has 0 aliphatic heterocycles. The molecule has 0 spiro atoms. The van der Waals surface area contributed by atoms with Crippen LogP contribution in [-0.2, 0) is 12.8 Å². The fourth-order valence-corrected chi connectivity index (χ4v) is 3.35. The van der Waals surface area contributed by atoms with Crippen LogP contribution in [0.5, 0.6) is 0 Å².